The smallest absolute Gasteiger partial charge is 0.0670 e. The maximum Gasteiger partial charge on any atom is 0.0670 e. The van der Waals surface area contributed by atoms with Crippen LogP contribution >= 0.6 is 0 Å². The van der Waals surface area contributed by atoms with Crippen molar-refractivity contribution in [1.82, 2.24) is 0 Å². The average Bonchev–Trinajstić information content (AvgIpc) is 2.46. The number of allylic oxidation sites excluding steroid dienone is 5. The molecule has 2 heteroatoms. The molecule has 0 fully saturated rings. The van der Waals surface area contributed by atoms with Gasteiger partial charge in [-0.25, -0.2) is 0 Å². The fourth-order valence-corrected chi connectivity index (χ4v) is 1.54. The van der Waals surface area contributed by atoms with E-state index < -0.39 is 0 Å². The van der Waals surface area contributed by atoms with Crippen molar-refractivity contribution in [3.63, 3.8) is 0 Å². The molecular weight excluding hydrogens is 160 g/mol. The van der Waals surface area contributed by atoms with Crippen LogP contribution in [0.25, 0.3) is 0 Å². The summed E-state index contributed by atoms with van der Waals surface area (Å²) in [6, 6.07) is 0. The Kier molecular flexibility index (Phi) is 1.83. The third-order valence-corrected chi connectivity index (χ3v) is 2.34. The van der Waals surface area contributed by atoms with Crippen LogP contribution in [-0.4, -0.2) is 5.71 Å². The van der Waals surface area contributed by atoms with E-state index in [2.05, 4.69) is 24.9 Å². The summed E-state index contributed by atoms with van der Waals surface area (Å²) < 4.78 is 0. The third-order valence-electron chi connectivity index (χ3n) is 2.34. The van der Waals surface area contributed by atoms with Crippen molar-refractivity contribution in [1.29, 1.82) is 0 Å². The highest BCUT2D eigenvalue weighted by Gasteiger charge is 2.18. The van der Waals surface area contributed by atoms with E-state index in [4.69, 9.17) is 5.73 Å². The standard InChI is InChI=1S/C11H14N2/c1-7(2)11-6-8-5-9(12)3-4-10(8)13-11/h3-4,6-7H,5,12H2,1-2H3. The fraction of sp³-hybridized carbons (Fsp3) is 0.364. The first kappa shape index (κ1) is 8.30. The maximum atomic E-state index is 5.74. The Labute approximate surface area is 78.5 Å². The van der Waals surface area contributed by atoms with Crippen LogP contribution in [0.3, 0.4) is 0 Å². The fourth-order valence-electron chi connectivity index (χ4n) is 1.54. The van der Waals surface area contributed by atoms with E-state index in [0.717, 1.165) is 17.8 Å². The monoisotopic (exact) mass is 174 g/mol. The Balaban J connectivity index is 2.31. The molecule has 0 saturated heterocycles. The van der Waals surface area contributed by atoms with Crippen molar-refractivity contribution in [3.05, 3.63) is 35.2 Å². The zero-order valence-corrected chi connectivity index (χ0v) is 8.04. The molecule has 1 aliphatic heterocycles. The second-order valence-corrected chi connectivity index (χ2v) is 3.83. The van der Waals surface area contributed by atoms with E-state index >= 15 is 0 Å². The molecule has 1 heterocycles. The molecule has 0 saturated carbocycles. The molecule has 0 radical (unpaired) electrons. The van der Waals surface area contributed by atoms with Crippen molar-refractivity contribution in [2.75, 3.05) is 0 Å². The Morgan fingerprint density at radius 3 is 2.85 bits per heavy atom. The second-order valence-electron chi connectivity index (χ2n) is 3.83. The van der Waals surface area contributed by atoms with Crippen LogP contribution in [0, 0.1) is 5.92 Å². The molecule has 0 atom stereocenters. The topological polar surface area (TPSA) is 38.4 Å². The van der Waals surface area contributed by atoms with E-state index in [1.165, 1.54) is 11.3 Å². The number of fused-ring (bicyclic) bond motifs is 1. The van der Waals surface area contributed by atoms with Gasteiger partial charge < -0.3 is 5.73 Å². The largest absolute Gasteiger partial charge is 0.402 e. The van der Waals surface area contributed by atoms with Gasteiger partial charge in [0, 0.05) is 17.8 Å². The minimum Gasteiger partial charge on any atom is -0.402 e. The van der Waals surface area contributed by atoms with Crippen LogP contribution < -0.4 is 5.73 Å². The van der Waals surface area contributed by atoms with Gasteiger partial charge in [0.05, 0.1) is 5.70 Å². The van der Waals surface area contributed by atoms with Crippen LogP contribution in [0.1, 0.15) is 20.3 Å². The summed E-state index contributed by atoms with van der Waals surface area (Å²) in [5.74, 6) is 0.500. The number of hydrogen-bond acceptors (Lipinski definition) is 2. The summed E-state index contributed by atoms with van der Waals surface area (Å²) in [4.78, 5) is 4.53. The lowest BCUT2D eigenvalue weighted by atomic mass is 10.0. The number of nitrogens with zero attached hydrogens (tertiary/aromatic N) is 1. The molecule has 1 aliphatic carbocycles. The zero-order valence-electron chi connectivity index (χ0n) is 8.04. The second kappa shape index (κ2) is 2.87. The zero-order chi connectivity index (χ0) is 9.42. The molecule has 0 spiro atoms. The van der Waals surface area contributed by atoms with Crippen molar-refractivity contribution in [3.8, 4) is 0 Å². The molecule has 2 aliphatic rings. The van der Waals surface area contributed by atoms with Gasteiger partial charge in [0.25, 0.3) is 0 Å². The molecule has 13 heavy (non-hydrogen) atoms. The summed E-state index contributed by atoms with van der Waals surface area (Å²) in [5, 5.41) is 0. The lowest BCUT2D eigenvalue weighted by molar-refractivity contribution is 0.890. The molecular formula is C11H14N2. The van der Waals surface area contributed by atoms with Crippen molar-refractivity contribution < 1.29 is 0 Å². The van der Waals surface area contributed by atoms with E-state index in [-0.39, 0.29) is 0 Å². The SMILES string of the molecule is CC(C)C1=NC2=CC=C(N)CC2=C1. The first-order chi connectivity index (χ1) is 6.16. The normalized spacial score (nSPS) is 20.5. The number of aliphatic imine (C=N–C) groups is 1. The molecule has 2 rings (SSSR count). The van der Waals surface area contributed by atoms with E-state index in [0.29, 0.717) is 5.92 Å². The lowest BCUT2D eigenvalue weighted by Gasteiger charge is -2.07. The van der Waals surface area contributed by atoms with Gasteiger partial charge in [-0.15, -0.1) is 0 Å². The van der Waals surface area contributed by atoms with Crippen LogP contribution in [0.15, 0.2) is 40.2 Å². The molecule has 0 aromatic heterocycles. The van der Waals surface area contributed by atoms with Gasteiger partial charge in [0.1, 0.15) is 0 Å². The molecule has 68 valence electrons. The van der Waals surface area contributed by atoms with Crippen molar-refractivity contribution in [2.45, 2.75) is 20.3 Å². The molecule has 0 amide bonds. The predicted octanol–water partition coefficient (Wildman–Crippen LogP) is 2.15. The molecule has 0 unspecified atom stereocenters. The summed E-state index contributed by atoms with van der Waals surface area (Å²) in [6.07, 6.45) is 6.96. The van der Waals surface area contributed by atoms with Gasteiger partial charge in [-0.1, -0.05) is 13.8 Å². The quantitative estimate of drug-likeness (QED) is 0.650. The molecule has 0 aromatic rings. The number of nitrogens with two attached hydrogens (primary N) is 1. The van der Waals surface area contributed by atoms with Gasteiger partial charge in [0.2, 0.25) is 0 Å². The first-order valence-electron chi connectivity index (χ1n) is 4.62. The highest BCUT2D eigenvalue weighted by atomic mass is 14.8. The van der Waals surface area contributed by atoms with E-state index in [1.54, 1.807) is 0 Å². The Morgan fingerprint density at radius 1 is 1.38 bits per heavy atom. The number of rotatable bonds is 1. The Bertz CT molecular complexity index is 354. The predicted molar refractivity (Wildman–Crippen MR) is 55.3 cm³/mol. The summed E-state index contributed by atoms with van der Waals surface area (Å²) >= 11 is 0. The lowest BCUT2D eigenvalue weighted by Crippen LogP contribution is -2.02. The average molecular weight is 174 g/mol. The molecule has 2 nitrogen and oxygen atoms in total. The van der Waals surface area contributed by atoms with Crippen LogP contribution in [0.2, 0.25) is 0 Å². The first-order valence-corrected chi connectivity index (χ1v) is 4.62. The molecule has 2 N–H and O–H groups in total. The number of hydrogen-bond donors (Lipinski definition) is 1. The van der Waals surface area contributed by atoms with Crippen LogP contribution in [0.4, 0.5) is 0 Å². The summed E-state index contributed by atoms with van der Waals surface area (Å²) in [5.41, 5.74) is 10.2. The summed E-state index contributed by atoms with van der Waals surface area (Å²) in [6.45, 7) is 4.31. The van der Waals surface area contributed by atoms with Gasteiger partial charge >= 0.3 is 0 Å². The summed E-state index contributed by atoms with van der Waals surface area (Å²) in [7, 11) is 0. The van der Waals surface area contributed by atoms with Gasteiger partial charge in [-0.05, 0) is 29.7 Å². The minimum absolute atomic E-state index is 0.500. The third kappa shape index (κ3) is 1.44. The van der Waals surface area contributed by atoms with Crippen molar-refractivity contribution >= 4 is 5.71 Å². The van der Waals surface area contributed by atoms with Gasteiger partial charge in [0.15, 0.2) is 0 Å². The van der Waals surface area contributed by atoms with Gasteiger partial charge in [-0.2, -0.15) is 0 Å². The highest BCUT2D eigenvalue weighted by molar-refractivity contribution is 6.01. The van der Waals surface area contributed by atoms with E-state index in [1.807, 2.05) is 12.2 Å². The maximum absolute atomic E-state index is 5.74. The Hall–Kier alpha value is -1.31. The molecule has 0 aromatic carbocycles. The highest BCUT2D eigenvalue weighted by Crippen LogP contribution is 2.29. The van der Waals surface area contributed by atoms with Crippen LogP contribution in [-0.2, 0) is 0 Å². The Morgan fingerprint density at radius 2 is 2.15 bits per heavy atom. The van der Waals surface area contributed by atoms with E-state index in [9.17, 15) is 0 Å². The van der Waals surface area contributed by atoms with Crippen molar-refractivity contribution in [2.24, 2.45) is 16.6 Å². The van der Waals surface area contributed by atoms with Gasteiger partial charge in [-0.3, -0.25) is 4.99 Å². The van der Waals surface area contributed by atoms with Crippen LogP contribution in [0.5, 0.6) is 0 Å². The molecule has 0 bridgehead atoms. The minimum atomic E-state index is 0.500.